The van der Waals surface area contributed by atoms with Crippen LogP contribution in [0.1, 0.15) is 27.7 Å². The fourth-order valence-electron chi connectivity index (χ4n) is 0.378. The van der Waals surface area contributed by atoms with E-state index in [1.165, 1.54) is 0 Å². The lowest BCUT2D eigenvalue weighted by Gasteiger charge is -1.97. The summed E-state index contributed by atoms with van der Waals surface area (Å²) < 4.78 is 0. The molecule has 2 nitrogen and oxygen atoms in total. The van der Waals surface area contributed by atoms with Gasteiger partial charge in [-0.1, -0.05) is 11.6 Å². The van der Waals surface area contributed by atoms with Crippen molar-refractivity contribution < 1.29 is 0 Å². The molecule has 0 aliphatic rings. The molecule has 0 aliphatic carbocycles. The van der Waals surface area contributed by atoms with Crippen LogP contribution >= 0.6 is 0 Å². The molecule has 2 N–H and O–H groups in total. The summed E-state index contributed by atoms with van der Waals surface area (Å²) in [7, 11) is 0. The van der Waals surface area contributed by atoms with Crippen LogP contribution in [0.5, 0.6) is 0 Å². The van der Waals surface area contributed by atoms with Crippen LogP contribution in [-0.2, 0) is 0 Å². The van der Waals surface area contributed by atoms with E-state index in [2.05, 4.69) is 19.7 Å². The second kappa shape index (κ2) is 14.1. The van der Waals surface area contributed by atoms with Crippen molar-refractivity contribution in [2.45, 2.75) is 27.7 Å². The van der Waals surface area contributed by atoms with Crippen LogP contribution in [0.2, 0.25) is 0 Å². The molecule has 80 valence electrons. The number of allylic oxidation sites excluding steroid dienone is 3. The van der Waals surface area contributed by atoms with Crippen LogP contribution in [0.25, 0.3) is 0 Å². The van der Waals surface area contributed by atoms with Crippen LogP contribution in [0.3, 0.4) is 0 Å². The van der Waals surface area contributed by atoms with Crippen LogP contribution < -0.4 is 0 Å². The van der Waals surface area contributed by atoms with Crippen molar-refractivity contribution in [1.82, 2.24) is 0 Å². The molecule has 0 unspecified atom stereocenters. The number of hydrogen-bond donors (Lipinski definition) is 2. The molecule has 0 amide bonds. The number of nitrogens with one attached hydrogen (secondary N) is 2. The smallest absolute Gasteiger partial charge is 0.0743 e. The first-order chi connectivity index (χ1) is 6.51. The van der Waals surface area contributed by atoms with Gasteiger partial charge in [-0.2, -0.15) is 0 Å². The number of rotatable bonds is 2. The van der Waals surface area contributed by atoms with Gasteiger partial charge in [0.1, 0.15) is 0 Å². The molecular formula is C12H22N2. The van der Waals surface area contributed by atoms with Gasteiger partial charge in [-0.3, -0.25) is 5.41 Å². The van der Waals surface area contributed by atoms with Gasteiger partial charge in [0.15, 0.2) is 0 Å². The Balaban J connectivity index is -0.000000205. The molecule has 0 aromatic heterocycles. The van der Waals surface area contributed by atoms with Crippen molar-refractivity contribution in [3.05, 3.63) is 37.0 Å². The Morgan fingerprint density at radius 1 is 1.14 bits per heavy atom. The van der Waals surface area contributed by atoms with Gasteiger partial charge in [-0.15, -0.1) is 19.7 Å². The Hall–Kier alpha value is -1.44. The van der Waals surface area contributed by atoms with Gasteiger partial charge in [0.2, 0.25) is 0 Å². The van der Waals surface area contributed by atoms with E-state index in [4.69, 9.17) is 10.8 Å². The second-order valence-electron chi connectivity index (χ2n) is 2.59. The van der Waals surface area contributed by atoms with E-state index in [1.807, 2.05) is 27.7 Å². The summed E-state index contributed by atoms with van der Waals surface area (Å²) in [5, 5.41) is 13.9. The second-order valence-corrected chi connectivity index (χ2v) is 2.59. The minimum absolute atomic E-state index is 0.301. The SMILES string of the molecule is C=C.C=CC.CC(C)=C(C)C(=N)C=N. The third-order valence-electron chi connectivity index (χ3n) is 1.30. The zero-order chi connectivity index (χ0) is 12.1. The maximum atomic E-state index is 7.17. The summed E-state index contributed by atoms with van der Waals surface area (Å²) in [4.78, 5) is 0. The normalized spacial score (nSPS) is 6.57. The largest absolute Gasteiger partial charge is 0.307 e. The highest BCUT2D eigenvalue weighted by Crippen LogP contribution is 2.00. The molecule has 0 saturated heterocycles. The predicted molar refractivity (Wildman–Crippen MR) is 67.7 cm³/mol. The Morgan fingerprint density at radius 3 is 1.50 bits per heavy atom. The molecule has 0 heterocycles. The Labute approximate surface area is 88.1 Å². The Bertz CT molecular complexity index is 208. The topological polar surface area (TPSA) is 47.7 Å². The van der Waals surface area contributed by atoms with Gasteiger partial charge >= 0.3 is 0 Å². The van der Waals surface area contributed by atoms with Crippen molar-refractivity contribution in [1.29, 1.82) is 10.8 Å². The summed E-state index contributed by atoms with van der Waals surface area (Å²) in [6.45, 7) is 17.0. The average molecular weight is 194 g/mol. The summed E-state index contributed by atoms with van der Waals surface area (Å²) in [6, 6.07) is 0. The van der Waals surface area contributed by atoms with Crippen molar-refractivity contribution in [3.63, 3.8) is 0 Å². The highest BCUT2D eigenvalue weighted by atomic mass is 14.5. The van der Waals surface area contributed by atoms with Crippen molar-refractivity contribution in [3.8, 4) is 0 Å². The van der Waals surface area contributed by atoms with Crippen LogP contribution in [0, 0.1) is 10.8 Å². The third kappa shape index (κ3) is 13.2. The van der Waals surface area contributed by atoms with E-state index in [0.29, 0.717) is 5.71 Å². The van der Waals surface area contributed by atoms with Gasteiger partial charge in [-0.05, 0) is 33.3 Å². The lowest BCUT2D eigenvalue weighted by atomic mass is 10.1. The molecular weight excluding hydrogens is 172 g/mol. The molecule has 0 radical (unpaired) electrons. The molecule has 0 bridgehead atoms. The molecule has 0 atom stereocenters. The Kier molecular flexibility index (Phi) is 18.5. The van der Waals surface area contributed by atoms with Gasteiger partial charge < -0.3 is 5.41 Å². The fraction of sp³-hybridized carbons (Fsp3) is 0.333. The molecule has 0 aromatic carbocycles. The lowest BCUT2D eigenvalue weighted by Crippen LogP contribution is -1.99. The van der Waals surface area contributed by atoms with E-state index in [-0.39, 0.29) is 0 Å². The van der Waals surface area contributed by atoms with E-state index in [1.54, 1.807) is 6.08 Å². The first kappa shape index (κ1) is 18.4. The van der Waals surface area contributed by atoms with Gasteiger partial charge in [0.25, 0.3) is 0 Å². The minimum atomic E-state index is 0.301. The number of hydrogen-bond acceptors (Lipinski definition) is 2. The molecule has 0 rings (SSSR count). The highest BCUT2D eigenvalue weighted by Gasteiger charge is 1.94. The zero-order valence-electron chi connectivity index (χ0n) is 9.78. The molecule has 0 spiro atoms. The maximum absolute atomic E-state index is 7.17. The maximum Gasteiger partial charge on any atom is 0.0743 e. The van der Waals surface area contributed by atoms with E-state index >= 15 is 0 Å². The predicted octanol–water partition coefficient (Wildman–Crippen LogP) is 4.01. The zero-order valence-corrected chi connectivity index (χ0v) is 9.78. The highest BCUT2D eigenvalue weighted by molar-refractivity contribution is 6.35. The van der Waals surface area contributed by atoms with Crippen molar-refractivity contribution in [2.75, 3.05) is 0 Å². The standard InChI is InChI=1S/C7H12N2.C3H6.C2H4/c1-5(2)6(3)7(9)4-8;1-3-2;1-2/h4,8-9H,1-3H3;3H,1H2,2H3;1-2H2. The summed E-state index contributed by atoms with van der Waals surface area (Å²) >= 11 is 0. The molecule has 0 aliphatic heterocycles. The quantitative estimate of drug-likeness (QED) is 0.493. The van der Waals surface area contributed by atoms with Crippen LogP contribution in [0.4, 0.5) is 0 Å². The summed E-state index contributed by atoms with van der Waals surface area (Å²) in [5.41, 5.74) is 2.29. The minimum Gasteiger partial charge on any atom is -0.307 e. The molecule has 14 heavy (non-hydrogen) atoms. The monoisotopic (exact) mass is 194 g/mol. The first-order valence-corrected chi connectivity index (χ1v) is 4.31. The lowest BCUT2D eigenvalue weighted by molar-refractivity contribution is 1.30. The van der Waals surface area contributed by atoms with Crippen LogP contribution in [0.15, 0.2) is 37.0 Å². The molecule has 0 saturated carbocycles. The van der Waals surface area contributed by atoms with E-state index in [9.17, 15) is 0 Å². The van der Waals surface area contributed by atoms with Gasteiger partial charge in [0, 0.05) is 6.21 Å². The van der Waals surface area contributed by atoms with Crippen molar-refractivity contribution >= 4 is 11.9 Å². The fourth-order valence-corrected chi connectivity index (χ4v) is 0.378. The molecule has 0 aromatic rings. The summed E-state index contributed by atoms with van der Waals surface area (Å²) in [6.07, 6.45) is 2.81. The van der Waals surface area contributed by atoms with Gasteiger partial charge in [0.05, 0.1) is 5.71 Å². The Morgan fingerprint density at radius 2 is 1.43 bits per heavy atom. The average Bonchev–Trinajstić information content (AvgIpc) is 2.19. The van der Waals surface area contributed by atoms with Crippen LogP contribution in [-0.4, -0.2) is 11.9 Å². The molecule has 0 fully saturated rings. The molecule has 2 heteroatoms. The first-order valence-electron chi connectivity index (χ1n) is 4.31. The van der Waals surface area contributed by atoms with E-state index in [0.717, 1.165) is 17.4 Å². The third-order valence-corrected chi connectivity index (χ3v) is 1.30. The van der Waals surface area contributed by atoms with Crippen molar-refractivity contribution in [2.24, 2.45) is 0 Å². The van der Waals surface area contributed by atoms with Gasteiger partial charge in [-0.25, -0.2) is 0 Å². The summed E-state index contributed by atoms with van der Waals surface area (Å²) in [5.74, 6) is 0. The van der Waals surface area contributed by atoms with E-state index < -0.39 is 0 Å².